The van der Waals surface area contributed by atoms with Gasteiger partial charge in [0.2, 0.25) is 5.91 Å². The molecule has 1 aromatic carbocycles. The molecule has 0 unspecified atom stereocenters. The minimum absolute atomic E-state index is 0.246. The molecule has 1 aliphatic rings. The second-order valence-electron chi connectivity index (χ2n) is 5.71. The Labute approximate surface area is 109 Å². The highest BCUT2D eigenvalue weighted by atomic mass is 16.2. The summed E-state index contributed by atoms with van der Waals surface area (Å²) in [4.78, 5) is 14.4. The van der Waals surface area contributed by atoms with Crippen LogP contribution in [0.3, 0.4) is 0 Å². The van der Waals surface area contributed by atoms with Gasteiger partial charge in [0.1, 0.15) is 0 Å². The molecule has 1 heterocycles. The Morgan fingerprint density at radius 1 is 1.33 bits per heavy atom. The van der Waals surface area contributed by atoms with E-state index in [0.717, 1.165) is 26.2 Å². The number of hydrogen-bond donors (Lipinski definition) is 1. The third kappa shape index (κ3) is 2.72. The van der Waals surface area contributed by atoms with E-state index < -0.39 is 0 Å². The molecule has 0 bridgehead atoms. The van der Waals surface area contributed by atoms with Gasteiger partial charge in [-0.15, -0.1) is 0 Å². The summed E-state index contributed by atoms with van der Waals surface area (Å²) in [6.07, 6.45) is 0. The van der Waals surface area contributed by atoms with Crippen molar-refractivity contribution in [3.8, 4) is 0 Å². The maximum Gasteiger partial charge on any atom is 0.229 e. The van der Waals surface area contributed by atoms with Crippen molar-refractivity contribution in [1.82, 2.24) is 10.2 Å². The van der Waals surface area contributed by atoms with Crippen molar-refractivity contribution in [3.05, 3.63) is 35.4 Å². The number of nitrogens with one attached hydrogen (secondary N) is 1. The Kier molecular flexibility index (Phi) is 3.71. The molecule has 0 aliphatic carbocycles. The van der Waals surface area contributed by atoms with Crippen LogP contribution in [0.4, 0.5) is 0 Å². The van der Waals surface area contributed by atoms with Crippen molar-refractivity contribution < 1.29 is 4.79 Å². The molecule has 3 heteroatoms. The predicted molar refractivity (Wildman–Crippen MR) is 73.2 cm³/mol. The third-order valence-electron chi connectivity index (χ3n) is 3.61. The smallest absolute Gasteiger partial charge is 0.229 e. The van der Waals surface area contributed by atoms with Crippen molar-refractivity contribution in [1.29, 1.82) is 0 Å². The monoisotopic (exact) mass is 246 g/mol. The average molecular weight is 246 g/mol. The molecule has 0 spiro atoms. The van der Waals surface area contributed by atoms with Crippen molar-refractivity contribution in [3.63, 3.8) is 0 Å². The number of benzene rings is 1. The number of aryl methyl sites for hydroxylation is 1. The summed E-state index contributed by atoms with van der Waals surface area (Å²) in [6, 6.07) is 8.28. The van der Waals surface area contributed by atoms with Gasteiger partial charge in [-0.2, -0.15) is 0 Å². The molecule has 1 amide bonds. The topological polar surface area (TPSA) is 32.3 Å². The maximum atomic E-state index is 12.5. The lowest BCUT2D eigenvalue weighted by molar-refractivity contribution is -0.139. The largest absolute Gasteiger partial charge is 0.337 e. The van der Waals surface area contributed by atoms with Gasteiger partial charge >= 0.3 is 0 Å². The summed E-state index contributed by atoms with van der Waals surface area (Å²) in [7, 11) is 0. The highest BCUT2D eigenvalue weighted by Gasteiger charge is 2.33. The van der Waals surface area contributed by atoms with Gasteiger partial charge in [0.15, 0.2) is 0 Å². The summed E-state index contributed by atoms with van der Waals surface area (Å²) in [5, 5.41) is 3.34. The van der Waals surface area contributed by atoms with E-state index in [-0.39, 0.29) is 11.3 Å². The minimum Gasteiger partial charge on any atom is -0.337 e. The van der Waals surface area contributed by atoms with Gasteiger partial charge in [0, 0.05) is 26.2 Å². The van der Waals surface area contributed by atoms with Crippen molar-refractivity contribution in [2.45, 2.75) is 27.3 Å². The molecule has 98 valence electrons. The Hall–Kier alpha value is -1.35. The van der Waals surface area contributed by atoms with Crippen LogP contribution >= 0.6 is 0 Å². The SMILES string of the molecule is Cc1ccccc1CN1CCNCC(C)(C)C1=O. The van der Waals surface area contributed by atoms with Crippen molar-refractivity contribution in [2.24, 2.45) is 5.41 Å². The zero-order valence-electron chi connectivity index (χ0n) is 11.5. The number of rotatable bonds is 2. The lowest BCUT2D eigenvalue weighted by Gasteiger charge is -2.28. The first-order valence-electron chi connectivity index (χ1n) is 6.55. The third-order valence-corrected chi connectivity index (χ3v) is 3.61. The van der Waals surface area contributed by atoms with E-state index in [1.54, 1.807) is 0 Å². The summed E-state index contributed by atoms with van der Waals surface area (Å²) >= 11 is 0. The highest BCUT2D eigenvalue weighted by molar-refractivity contribution is 5.82. The van der Waals surface area contributed by atoms with Crippen LogP contribution in [0.2, 0.25) is 0 Å². The first-order chi connectivity index (χ1) is 8.50. The van der Waals surface area contributed by atoms with Crippen LogP contribution in [0.5, 0.6) is 0 Å². The predicted octanol–water partition coefficient (Wildman–Crippen LogP) is 1.95. The lowest BCUT2D eigenvalue weighted by atomic mass is 9.92. The molecule has 2 rings (SSSR count). The molecule has 1 aromatic rings. The van der Waals surface area contributed by atoms with E-state index in [2.05, 4.69) is 24.4 Å². The second-order valence-corrected chi connectivity index (χ2v) is 5.71. The average Bonchev–Trinajstić information content (AvgIpc) is 2.45. The zero-order chi connectivity index (χ0) is 13.2. The molecule has 1 fully saturated rings. The molecular formula is C15H22N2O. The minimum atomic E-state index is -0.306. The standard InChI is InChI=1S/C15H22N2O/c1-12-6-4-5-7-13(12)10-17-9-8-16-11-15(2,3)14(17)18/h4-7,16H,8-11H2,1-3H3. The van der Waals surface area contributed by atoms with Crippen molar-refractivity contribution in [2.75, 3.05) is 19.6 Å². The van der Waals surface area contributed by atoms with Crippen molar-refractivity contribution >= 4 is 5.91 Å². The molecule has 1 saturated heterocycles. The van der Waals surface area contributed by atoms with E-state index in [9.17, 15) is 4.79 Å². The summed E-state index contributed by atoms with van der Waals surface area (Å²) in [5.41, 5.74) is 2.18. The Balaban J connectivity index is 2.17. The van der Waals surface area contributed by atoms with Gasteiger partial charge in [-0.1, -0.05) is 24.3 Å². The van der Waals surface area contributed by atoms with Gasteiger partial charge in [0.25, 0.3) is 0 Å². The first kappa shape index (κ1) is 13.1. The van der Waals surface area contributed by atoms with Crippen LogP contribution in [-0.2, 0) is 11.3 Å². The number of carbonyl (C=O) groups is 1. The molecule has 1 N–H and O–H groups in total. The van der Waals surface area contributed by atoms with E-state index in [1.807, 2.05) is 30.9 Å². The summed E-state index contributed by atoms with van der Waals surface area (Å²) in [6.45, 7) is 9.27. The fraction of sp³-hybridized carbons (Fsp3) is 0.533. The van der Waals surface area contributed by atoms with E-state index in [1.165, 1.54) is 11.1 Å². The fourth-order valence-electron chi connectivity index (χ4n) is 2.36. The molecule has 0 aromatic heterocycles. The Bertz CT molecular complexity index is 440. The maximum absolute atomic E-state index is 12.5. The molecule has 0 atom stereocenters. The van der Waals surface area contributed by atoms with Crippen LogP contribution in [0.1, 0.15) is 25.0 Å². The van der Waals surface area contributed by atoms with Gasteiger partial charge in [-0.05, 0) is 31.9 Å². The number of carbonyl (C=O) groups excluding carboxylic acids is 1. The molecule has 3 nitrogen and oxygen atoms in total. The molecular weight excluding hydrogens is 224 g/mol. The first-order valence-corrected chi connectivity index (χ1v) is 6.55. The van der Waals surface area contributed by atoms with Gasteiger partial charge in [-0.3, -0.25) is 4.79 Å². The van der Waals surface area contributed by atoms with Crippen LogP contribution in [0.25, 0.3) is 0 Å². The van der Waals surface area contributed by atoms with Crippen LogP contribution in [-0.4, -0.2) is 30.4 Å². The van der Waals surface area contributed by atoms with Crippen LogP contribution in [0, 0.1) is 12.3 Å². The van der Waals surface area contributed by atoms with E-state index in [4.69, 9.17) is 0 Å². The molecule has 18 heavy (non-hydrogen) atoms. The van der Waals surface area contributed by atoms with Gasteiger partial charge < -0.3 is 10.2 Å². The van der Waals surface area contributed by atoms with Crippen LogP contribution < -0.4 is 5.32 Å². The normalized spacial score (nSPS) is 19.7. The quantitative estimate of drug-likeness (QED) is 0.865. The fourth-order valence-corrected chi connectivity index (χ4v) is 2.36. The molecule has 0 saturated carbocycles. The molecule has 1 aliphatic heterocycles. The van der Waals surface area contributed by atoms with E-state index in [0.29, 0.717) is 0 Å². The lowest BCUT2D eigenvalue weighted by Crippen LogP contribution is -2.41. The van der Waals surface area contributed by atoms with E-state index >= 15 is 0 Å². The summed E-state index contributed by atoms with van der Waals surface area (Å²) < 4.78 is 0. The highest BCUT2D eigenvalue weighted by Crippen LogP contribution is 2.22. The number of amides is 1. The number of nitrogens with zero attached hydrogens (tertiary/aromatic N) is 1. The molecule has 0 radical (unpaired) electrons. The Morgan fingerprint density at radius 2 is 2.06 bits per heavy atom. The van der Waals surface area contributed by atoms with Gasteiger partial charge in [-0.25, -0.2) is 0 Å². The zero-order valence-corrected chi connectivity index (χ0v) is 11.5. The Morgan fingerprint density at radius 3 is 2.78 bits per heavy atom. The summed E-state index contributed by atoms with van der Waals surface area (Å²) in [5.74, 6) is 0.246. The van der Waals surface area contributed by atoms with Gasteiger partial charge in [0.05, 0.1) is 5.41 Å². The second kappa shape index (κ2) is 5.11. The number of hydrogen-bond acceptors (Lipinski definition) is 2. The van der Waals surface area contributed by atoms with Crippen LogP contribution in [0.15, 0.2) is 24.3 Å².